The maximum atomic E-state index is 12.8. The zero-order valence-corrected chi connectivity index (χ0v) is 10.2. The molecule has 0 fully saturated rings. The van der Waals surface area contributed by atoms with Gasteiger partial charge >= 0.3 is 5.97 Å². The predicted octanol–water partition coefficient (Wildman–Crippen LogP) is 3.05. The minimum Gasteiger partial charge on any atom is -0.465 e. The van der Waals surface area contributed by atoms with Gasteiger partial charge in [0.1, 0.15) is 5.69 Å². The largest absolute Gasteiger partial charge is 0.465 e. The number of carbonyl (C=O) groups excluding carboxylic acids is 1. The molecule has 1 N–H and O–H groups in total. The third kappa shape index (κ3) is 1.90. The fraction of sp³-hybridized carbons (Fsp3) is 0.200. The minimum absolute atomic E-state index is 0.0500. The Balaban J connectivity index is 2.82. The van der Waals surface area contributed by atoms with Crippen molar-refractivity contribution in [2.24, 2.45) is 0 Å². The lowest BCUT2D eigenvalue weighted by atomic mass is 10.1. The van der Waals surface area contributed by atoms with Crippen LogP contribution in [0.3, 0.4) is 0 Å². The number of nitrogens with zero attached hydrogens (tertiary/aromatic N) is 1. The third-order valence-electron chi connectivity index (χ3n) is 2.31. The molecule has 17 heavy (non-hydrogen) atoms. The van der Waals surface area contributed by atoms with Crippen LogP contribution in [0.1, 0.15) is 22.5 Å². The predicted molar refractivity (Wildman–Crippen MR) is 60.1 cm³/mol. The van der Waals surface area contributed by atoms with E-state index in [0.29, 0.717) is 9.99 Å². The van der Waals surface area contributed by atoms with E-state index in [1.54, 1.807) is 6.07 Å². The summed E-state index contributed by atoms with van der Waals surface area (Å²) in [4.78, 5) is 11.6. The molecular formula is C10H7BrF2N2O2. The van der Waals surface area contributed by atoms with Crippen LogP contribution >= 0.6 is 15.9 Å². The van der Waals surface area contributed by atoms with Crippen LogP contribution in [0.15, 0.2) is 16.6 Å². The number of aromatic nitrogens is 2. The number of aromatic amines is 1. The summed E-state index contributed by atoms with van der Waals surface area (Å²) < 4.78 is 30.5. The molecule has 2 aromatic rings. The van der Waals surface area contributed by atoms with Crippen molar-refractivity contribution in [2.75, 3.05) is 7.11 Å². The SMILES string of the molecule is COC(=O)c1c(Br)ccc2n[nH]c(C(F)F)c12. The fourth-order valence-electron chi connectivity index (χ4n) is 1.57. The maximum absolute atomic E-state index is 12.8. The standard InChI is InChI=1S/C10H7BrF2N2O2/c1-17-10(16)6-4(11)2-3-5-7(6)8(9(12)13)15-14-5/h2-3,9H,1H3,(H,14,15). The van der Waals surface area contributed by atoms with Crippen LogP contribution in [0.4, 0.5) is 8.78 Å². The number of fused-ring (bicyclic) bond motifs is 1. The van der Waals surface area contributed by atoms with Gasteiger partial charge in [0.25, 0.3) is 6.43 Å². The number of alkyl halides is 2. The first-order chi connectivity index (χ1) is 8.06. The van der Waals surface area contributed by atoms with Crippen molar-refractivity contribution in [1.29, 1.82) is 0 Å². The Bertz CT molecular complexity index is 583. The molecule has 0 amide bonds. The van der Waals surface area contributed by atoms with Gasteiger partial charge in [0.2, 0.25) is 0 Å². The molecule has 0 unspecified atom stereocenters. The maximum Gasteiger partial charge on any atom is 0.339 e. The number of esters is 1. The van der Waals surface area contributed by atoms with Gasteiger partial charge in [-0.15, -0.1) is 0 Å². The average Bonchev–Trinajstić information content (AvgIpc) is 2.71. The van der Waals surface area contributed by atoms with E-state index in [0.717, 1.165) is 0 Å². The van der Waals surface area contributed by atoms with Gasteiger partial charge in [-0.2, -0.15) is 5.10 Å². The molecule has 1 aromatic carbocycles. The number of methoxy groups -OCH3 is 1. The molecule has 0 atom stereocenters. The van der Waals surface area contributed by atoms with E-state index < -0.39 is 12.4 Å². The average molecular weight is 305 g/mol. The van der Waals surface area contributed by atoms with Crippen molar-refractivity contribution >= 4 is 32.8 Å². The monoisotopic (exact) mass is 304 g/mol. The molecule has 0 spiro atoms. The second-order valence-electron chi connectivity index (χ2n) is 3.25. The van der Waals surface area contributed by atoms with Crippen molar-refractivity contribution in [3.63, 3.8) is 0 Å². The van der Waals surface area contributed by atoms with Gasteiger partial charge in [0.05, 0.1) is 18.2 Å². The Labute approximate surface area is 103 Å². The number of ether oxygens (including phenoxy) is 1. The van der Waals surface area contributed by atoms with Gasteiger partial charge in [-0.3, -0.25) is 5.10 Å². The quantitative estimate of drug-likeness (QED) is 0.868. The molecule has 0 aliphatic rings. The zero-order valence-electron chi connectivity index (χ0n) is 8.63. The number of rotatable bonds is 2. The molecule has 1 aromatic heterocycles. The molecule has 0 aliphatic carbocycles. The number of H-pyrrole nitrogens is 1. The van der Waals surface area contributed by atoms with Crippen molar-refractivity contribution in [2.45, 2.75) is 6.43 Å². The van der Waals surface area contributed by atoms with Gasteiger partial charge < -0.3 is 4.74 Å². The first-order valence-corrected chi connectivity index (χ1v) is 5.38. The lowest BCUT2D eigenvalue weighted by Crippen LogP contribution is -2.04. The Morgan fingerprint density at radius 2 is 2.24 bits per heavy atom. The summed E-state index contributed by atoms with van der Waals surface area (Å²) in [6, 6.07) is 3.10. The van der Waals surface area contributed by atoms with Crippen molar-refractivity contribution in [3.05, 3.63) is 27.9 Å². The first-order valence-electron chi connectivity index (χ1n) is 4.59. The van der Waals surface area contributed by atoms with Crippen molar-refractivity contribution in [1.82, 2.24) is 10.2 Å². The Morgan fingerprint density at radius 3 is 2.82 bits per heavy atom. The summed E-state index contributed by atoms with van der Waals surface area (Å²) in [5, 5.41) is 6.04. The molecule has 0 aliphatic heterocycles. The number of benzene rings is 1. The van der Waals surface area contributed by atoms with Crippen LogP contribution in [0.25, 0.3) is 10.9 Å². The van der Waals surface area contributed by atoms with Crippen LogP contribution < -0.4 is 0 Å². The highest BCUT2D eigenvalue weighted by molar-refractivity contribution is 9.10. The van der Waals surface area contributed by atoms with E-state index in [4.69, 9.17) is 0 Å². The zero-order chi connectivity index (χ0) is 12.6. The van der Waals surface area contributed by atoms with Crippen molar-refractivity contribution in [3.8, 4) is 0 Å². The van der Waals surface area contributed by atoms with Gasteiger partial charge in [-0.05, 0) is 28.1 Å². The molecule has 4 nitrogen and oxygen atoms in total. The normalized spacial score (nSPS) is 11.1. The molecule has 1 heterocycles. The molecule has 0 saturated carbocycles. The van der Waals surface area contributed by atoms with E-state index in [1.165, 1.54) is 13.2 Å². The fourth-order valence-corrected chi connectivity index (χ4v) is 2.06. The summed E-state index contributed by atoms with van der Waals surface area (Å²) in [6.45, 7) is 0. The third-order valence-corrected chi connectivity index (χ3v) is 2.97. The molecule has 2 rings (SSSR count). The number of carbonyl (C=O) groups is 1. The summed E-state index contributed by atoms with van der Waals surface area (Å²) in [5.74, 6) is -0.689. The van der Waals surface area contributed by atoms with E-state index >= 15 is 0 Å². The molecular weight excluding hydrogens is 298 g/mol. The minimum atomic E-state index is -2.74. The second kappa shape index (κ2) is 4.40. The Hall–Kier alpha value is -1.50. The molecule has 0 saturated heterocycles. The summed E-state index contributed by atoms with van der Waals surface area (Å²) >= 11 is 3.14. The van der Waals surface area contributed by atoms with Gasteiger partial charge in [0, 0.05) is 9.86 Å². The van der Waals surface area contributed by atoms with E-state index in [-0.39, 0.29) is 16.6 Å². The highest BCUT2D eigenvalue weighted by Crippen LogP contribution is 2.32. The smallest absolute Gasteiger partial charge is 0.339 e. The Kier molecular flexibility index (Phi) is 3.10. The summed E-state index contributed by atoms with van der Waals surface area (Å²) in [5.41, 5.74) is -0.0420. The van der Waals surface area contributed by atoms with Crippen LogP contribution in [0.2, 0.25) is 0 Å². The van der Waals surface area contributed by atoms with Crippen molar-refractivity contribution < 1.29 is 18.3 Å². The number of hydrogen-bond donors (Lipinski definition) is 1. The molecule has 90 valence electrons. The topological polar surface area (TPSA) is 55.0 Å². The number of nitrogens with one attached hydrogen (secondary N) is 1. The number of halogens is 3. The van der Waals surface area contributed by atoms with Crippen LogP contribution in [-0.2, 0) is 4.74 Å². The van der Waals surface area contributed by atoms with Gasteiger partial charge in [-0.25, -0.2) is 13.6 Å². The molecule has 7 heteroatoms. The molecule has 0 radical (unpaired) electrons. The van der Waals surface area contributed by atoms with Gasteiger partial charge in [0.15, 0.2) is 0 Å². The van der Waals surface area contributed by atoms with Crippen LogP contribution in [0, 0.1) is 0 Å². The summed E-state index contributed by atoms with van der Waals surface area (Å²) in [6.07, 6.45) is -2.74. The summed E-state index contributed by atoms with van der Waals surface area (Å²) in [7, 11) is 1.19. The van der Waals surface area contributed by atoms with Crippen LogP contribution in [0.5, 0.6) is 0 Å². The number of hydrogen-bond acceptors (Lipinski definition) is 3. The van der Waals surface area contributed by atoms with E-state index in [9.17, 15) is 13.6 Å². The Morgan fingerprint density at radius 1 is 1.53 bits per heavy atom. The van der Waals surface area contributed by atoms with E-state index in [2.05, 4.69) is 30.9 Å². The second-order valence-corrected chi connectivity index (χ2v) is 4.10. The highest BCUT2D eigenvalue weighted by atomic mass is 79.9. The van der Waals surface area contributed by atoms with Gasteiger partial charge in [-0.1, -0.05) is 0 Å². The first kappa shape index (κ1) is 12.0. The lowest BCUT2D eigenvalue weighted by molar-refractivity contribution is 0.0602. The molecule has 0 bridgehead atoms. The van der Waals surface area contributed by atoms with E-state index in [1.807, 2.05) is 0 Å². The van der Waals surface area contributed by atoms with Crippen LogP contribution in [-0.4, -0.2) is 23.3 Å². The highest BCUT2D eigenvalue weighted by Gasteiger charge is 2.23. The lowest BCUT2D eigenvalue weighted by Gasteiger charge is -2.05.